The van der Waals surface area contributed by atoms with Gasteiger partial charge in [0, 0.05) is 13.1 Å². The van der Waals surface area contributed by atoms with Gasteiger partial charge in [0.15, 0.2) is 0 Å². The highest BCUT2D eigenvalue weighted by atomic mass is 35.5. The van der Waals surface area contributed by atoms with Gasteiger partial charge in [-0.05, 0) is 53.8 Å². The molecule has 3 aromatic carbocycles. The molecule has 0 radical (unpaired) electrons. The molecule has 0 saturated carbocycles. The molecule has 0 aliphatic rings. The number of alkyl halides is 3. The molecule has 174 valence electrons. The van der Waals surface area contributed by atoms with Crippen molar-refractivity contribution >= 4 is 17.5 Å². The topological polar surface area (TPSA) is 41.1 Å². The molecule has 8 heteroatoms. The zero-order valence-corrected chi connectivity index (χ0v) is 18.6. The van der Waals surface area contributed by atoms with Crippen LogP contribution in [0.4, 0.5) is 17.6 Å². The Hall–Kier alpha value is -2.90. The van der Waals surface area contributed by atoms with Crippen molar-refractivity contribution in [1.82, 2.24) is 10.6 Å². The van der Waals surface area contributed by atoms with Crippen LogP contribution in [0.3, 0.4) is 0 Å². The lowest BCUT2D eigenvalue weighted by Crippen LogP contribution is -2.38. The maximum atomic E-state index is 13.7. The van der Waals surface area contributed by atoms with Gasteiger partial charge in [-0.15, -0.1) is 0 Å². The Morgan fingerprint density at radius 2 is 1.64 bits per heavy atom. The van der Waals surface area contributed by atoms with Gasteiger partial charge in [-0.25, -0.2) is 4.39 Å². The Morgan fingerprint density at radius 3 is 2.21 bits per heavy atom. The van der Waals surface area contributed by atoms with Crippen molar-refractivity contribution in [2.75, 3.05) is 7.05 Å². The molecule has 3 rings (SSSR count). The summed E-state index contributed by atoms with van der Waals surface area (Å²) >= 11 is 5.99. The molecule has 0 spiro atoms. The zero-order valence-electron chi connectivity index (χ0n) is 17.8. The Kier molecular flexibility index (Phi) is 8.10. The summed E-state index contributed by atoms with van der Waals surface area (Å²) < 4.78 is 52.3. The lowest BCUT2D eigenvalue weighted by atomic mass is 9.96. The summed E-state index contributed by atoms with van der Waals surface area (Å²) in [5.41, 5.74) is 1.40. The number of carbonyl (C=O) groups excluding carboxylic acids is 1. The van der Waals surface area contributed by atoms with Crippen molar-refractivity contribution in [3.8, 4) is 0 Å². The highest BCUT2D eigenvalue weighted by Crippen LogP contribution is 2.31. The summed E-state index contributed by atoms with van der Waals surface area (Å²) in [6.45, 7) is 0. The van der Waals surface area contributed by atoms with E-state index in [1.807, 2.05) is 30.3 Å². The second-order valence-corrected chi connectivity index (χ2v) is 7.99. The number of halogens is 5. The number of amides is 1. The number of hydrogen-bond acceptors (Lipinski definition) is 2. The maximum Gasteiger partial charge on any atom is 0.416 e. The average Bonchev–Trinajstić information content (AvgIpc) is 2.81. The first-order valence-corrected chi connectivity index (χ1v) is 10.7. The molecule has 0 unspecified atom stereocenters. The molecule has 1 amide bonds. The van der Waals surface area contributed by atoms with Crippen LogP contribution >= 0.6 is 11.6 Å². The molecule has 0 aromatic heterocycles. The van der Waals surface area contributed by atoms with Gasteiger partial charge in [0.1, 0.15) is 11.9 Å². The first-order chi connectivity index (χ1) is 15.7. The third-order valence-electron chi connectivity index (χ3n) is 5.36. The molecule has 2 atom stereocenters. The predicted octanol–water partition coefficient (Wildman–Crippen LogP) is 6.25. The van der Waals surface area contributed by atoms with Crippen molar-refractivity contribution in [2.45, 2.75) is 31.1 Å². The zero-order chi connectivity index (χ0) is 24.0. The van der Waals surface area contributed by atoms with Gasteiger partial charge in [-0.1, -0.05) is 60.1 Å². The summed E-state index contributed by atoms with van der Waals surface area (Å²) in [4.78, 5) is 12.6. The fourth-order valence-electron chi connectivity index (χ4n) is 3.56. The normalized spacial score (nSPS) is 13.4. The quantitative estimate of drug-likeness (QED) is 0.376. The van der Waals surface area contributed by atoms with Gasteiger partial charge in [-0.3, -0.25) is 10.1 Å². The van der Waals surface area contributed by atoms with Crippen LogP contribution in [0.25, 0.3) is 0 Å². The second-order valence-electron chi connectivity index (χ2n) is 7.58. The van der Waals surface area contributed by atoms with E-state index < -0.39 is 29.6 Å². The number of rotatable bonds is 8. The van der Waals surface area contributed by atoms with Crippen molar-refractivity contribution < 1.29 is 22.4 Å². The molecule has 0 heterocycles. The van der Waals surface area contributed by atoms with E-state index in [4.69, 9.17) is 11.6 Å². The monoisotopic (exact) mass is 478 g/mol. The molecule has 2 N–H and O–H groups in total. The number of nitrogens with one attached hydrogen (secondary N) is 2. The number of benzene rings is 3. The van der Waals surface area contributed by atoms with E-state index in [-0.39, 0.29) is 10.9 Å². The van der Waals surface area contributed by atoms with E-state index in [0.717, 1.165) is 17.7 Å². The van der Waals surface area contributed by atoms with Gasteiger partial charge in [-0.2, -0.15) is 13.2 Å². The van der Waals surface area contributed by atoms with Crippen LogP contribution in [-0.2, 0) is 17.4 Å². The summed E-state index contributed by atoms with van der Waals surface area (Å²) in [5.74, 6) is -0.818. The van der Waals surface area contributed by atoms with E-state index in [2.05, 4.69) is 10.6 Å². The standard InChI is InChI=1S/C25H23ClF4N2O/c1-31-24(33)23(17-5-3-2-4-6-17)32-22(18-10-13-21(27)20(26)15-18)14-9-16-7-11-19(12-8-16)25(28,29)30/h2-8,10-13,15,22-23,32H,9,14H2,1H3,(H,31,33)/t22-,23-/m0/s1. The van der Waals surface area contributed by atoms with Crippen molar-refractivity contribution in [3.05, 3.63) is 106 Å². The molecular weight excluding hydrogens is 456 g/mol. The first kappa shape index (κ1) is 24.7. The Morgan fingerprint density at radius 1 is 0.970 bits per heavy atom. The molecule has 0 aliphatic heterocycles. The molecule has 3 nitrogen and oxygen atoms in total. The van der Waals surface area contributed by atoms with Gasteiger partial charge in [0.05, 0.1) is 10.6 Å². The van der Waals surface area contributed by atoms with Crippen LogP contribution < -0.4 is 10.6 Å². The van der Waals surface area contributed by atoms with Crippen molar-refractivity contribution in [2.24, 2.45) is 0 Å². The number of hydrogen-bond donors (Lipinski definition) is 2. The largest absolute Gasteiger partial charge is 0.416 e. The highest BCUT2D eigenvalue weighted by Gasteiger charge is 2.30. The summed E-state index contributed by atoms with van der Waals surface area (Å²) in [7, 11) is 1.53. The van der Waals surface area contributed by atoms with Crippen LogP contribution in [0.5, 0.6) is 0 Å². The third-order valence-corrected chi connectivity index (χ3v) is 5.65. The Labute approximate surface area is 194 Å². The molecule has 0 saturated heterocycles. The first-order valence-electron chi connectivity index (χ1n) is 10.3. The van der Waals surface area contributed by atoms with Gasteiger partial charge in [0.25, 0.3) is 0 Å². The smallest absolute Gasteiger partial charge is 0.358 e. The van der Waals surface area contributed by atoms with Gasteiger partial charge in [0.2, 0.25) is 5.91 Å². The molecule has 0 fully saturated rings. The van der Waals surface area contributed by atoms with E-state index in [1.165, 1.54) is 31.3 Å². The summed E-state index contributed by atoms with van der Waals surface area (Å²) in [6, 6.07) is 17.3. The average molecular weight is 479 g/mol. The molecular formula is C25H23ClF4N2O. The second kappa shape index (κ2) is 10.8. The number of aryl methyl sites for hydroxylation is 1. The minimum atomic E-state index is -4.40. The molecule has 33 heavy (non-hydrogen) atoms. The fourth-order valence-corrected chi connectivity index (χ4v) is 3.75. The molecule has 0 aliphatic carbocycles. The fraction of sp³-hybridized carbons (Fsp3) is 0.240. The minimum absolute atomic E-state index is 0.0509. The van der Waals surface area contributed by atoms with Crippen LogP contribution in [0.1, 0.15) is 40.8 Å². The Balaban J connectivity index is 1.87. The van der Waals surface area contributed by atoms with Gasteiger partial charge < -0.3 is 5.32 Å². The predicted molar refractivity (Wildman–Crippen MR) is 120 cm³/mol. The van der Waals surface area contributed by atoms with Crippen LogP contribution in [0, 0.1) is 5.82 Å². The molecule has 0 bridgehead atoms. The van der Waals surface area contributed by atoms with E-state index in [0.29, 0.717) is 24.0 Å². The molecule has 3 aromatic rings. The number of carbonyl (C=O) groups is 1. The van der Waals surface area contributed by atoms with E-state index in [9.17, 15) is 22.4 Å². The third kappa shape index (κ3) is 6.55. The number of likely N-dealkylation sites (N-methyl/N-ethyl adjacent to an activating group) is 1. The Bertz CT molecular complexity index is 1070. The van der Waals surface area contributed by atoms with Crippen molar-refractivity contribution in [1.29, 1.82) is 0 Å². The maximum absolute atomic E-state index is 13.7. The highest BCUT2D eigenvalue weighted by molar-refractivity contribution is 6.30. The van der Waals surface area contributed by atoms with Crippen LogP contribution in [0.15, 0.2) is 72.8 Å². The van der Waals surface area contributed by atoms with Crippen molar-refractivity contribution in [3.63, 3.8) is 0 Å². The van der Waals surface area contributed by atoms with E-state index in [1.54, 1.807) is 6.07 Å². The minimum Gasteiger partial charge on any atom is -0.358 e. The van der Waals surface area contributed by atoms with Gasteiger partial charge >= 0.3 is 6.18 Å². The van der Waals surface area contributed by atoms with E-state index >= 15 is 0 Å². The lowest BCUT2D eigenvalue weighted by Gasteiger charge is -2.26. The summed E-state index contributed by atoms with van der Waals surface area (Å²) in [5, 5.41) is 5.91. The van der Waals surface area contributed by atoms with Crippen LogP contribution in [-0.4, -0.2) is 13.0 Å². The van der Waals surface area contributed by atoms with Crippen LogP contribution in [0.2, 0.25) is 5.02 Å². The summed E-state index contributed by atoms with van der Waals surface area (Å²) in [6.07, 6.45) is -3.53. The lowest BCUT2D eigenvalue weighted by molar-refractivity contribution is -0.137. The SMILES string of the molecule is CNC(=O)[C@@H](N[C@@H](CCc1ccc(C(F)(F)F)cc1)c1ccc(F)c(Cl)c1)c1ccccc1.